The number of aryl methyl sites for hydroxylation is 1. The fourth-order valence-corrected chi connectivity index (χ4v) is 4.60. The Hall–Kier alpha value is -2.51. The van der Waals surface area contributed by atoms with Gasteiger partial charge in [0.1, 0.15) is 11.6 Å². The molecule has 164 valence electrons. The highest BCUT2D eigenvalue weighted by atomic mass is 35.5. The lowest BCUT2D eigenvalue weighted by molar-refractivity contribution is -0.116. The van der Waals surface area contributed by atoms with Crippen LogP contribution in [0.3, 0.4) is 0 Å². The number of amides is 2. The van der Waals surface area contributed by atoms with E-state index in [-0.39, 0.29) is 23.3 Å². The molecule has 5 nitrogen and oxygen atoms in total. The maximum absolute atomic E-state index is 13.9. The SMILES string of the molecule is Cc1ccc(NC(=O)CCN2CC3CN(C(=O)c4cc(F)ccc4F)CC3C2)cc1Cl. The molecule has 4 rings (SSSR count). The fourth-order valence-electron chi connectivity index (χ4n) is 4.42. The Kier molecular flexibility index (Phi) is 6.25. The number of hydrogen-bond acceptors (Lipinski definition) is 3. The molecule has 2 fully saturated rings. The van der Waals surface area contributed by atoms with Crippen molar-refractivity contribution in [3.05, 3.63) is 64.2 Å². The number of hydrogen-bond donors (Lipinski definition) is 1. The molecule has 0 spiro atoms. The molecule has 0 aromatic heterocycles. The zero-order valence-electron chi connectivity index (χ0n) is 17.2. The van der Waals surface area contributed by atoms with E-state index in [1.807, 2.05) is 19.1 Å². The molecule has 2 aliphatic heterocycles. The van der Waals surface area contributed by atoms with Crippen molar-refractivity contribution in [3.8, 4) is 0 Å². The van der Waals surface area contributed by atoms with Crippen molar-refractivity contribution in [2.24, 2.45) is 11.8 Å². The summed E-state index contributed by atoms with van der Waals surface area (Å²) >= 11 is 6.10. The van der Waals surface area contributed by atoms with E-state index in [0.717, 1.165) is 36.9 Å². The minimum absolute atomic E-state index is 0.0737. The number of fused-ring (bicyclic) bond motifs is 1. The Labute approximate surface area is 185 Å². The summed E-state index contributed by atoms with van der Waals surface area (Å²) in [5, 5.41) is 3.48. The van der Waals surface area contributed by atoms with Crippen molar-refractivity contribution < 1.29 is 18.4 Å². The maximum atomic E-state index is 13.9. The smallest absolute Gasteiger partial charge is 0.256 e. The number of anilines is 1. The van der Waals surface area contributed by atoms with E-state index in [0.29, 0.717) is 36.8 Å². The highest BCUT2D eigenvalue weighted by Crippen LogP contribution is 2.32. The monoisotopic (exact) mass is 447 g/mol. The van der Waals surface area contributed by atoms with Crippen molar-refractivity contribution in [2.75, 3.05) is 38.0 Å². The van der Waals surface area contributed by atoms with Crippen molar-refractivity contribution in [3.63, 3.8) is 0 Å². The lowest BCUT2D eigenvalue weighted by Gasteiger charge is -2.21. The summed E-state index contributed by atoms with van der Waals surface area (Å²) in [6.07, 6.45) is 0.363. The number of carbonyl (C=O) groups excluding carboxylic acids is 2. The summed E-state index contributed by atoms with van der Waals surface area (Å²) in [5.41, 5.74) is 1.42. The van der Waals surface area contributed by atoms with Gasteiger partial charge in [0.25, 0.3) is 5.91 Å². The van der Waals surface area contributed by atoms with Gasteiger partial charge >= 0.3 is 0 Å². The number of likely N-dealkylation sites (tertiary alicyclic amines) is 2. The first-order valence-corrected chi connectivity index (χ1v) is 10.7. The summed E-state index contributed by atoms with van der Waals surface area (Å²) in [7, 11) is 0. The Morgan fingerprint density at radius 3 is 2.45 bits per heavy atom. The van der Waals surface area contributed by atoms with Crippen LogP contribution < -0.4 is 5.32 Å². The normalized spacial score (nSPS) is 20.7. The first-order valence-electron chi connectivity index (χ1n) is 10.3. The minimum Gasteiger partial charge on any atom is -0.338 e. The van der Waals surface area contributed by atoms with E-state index in [4.69, 9.17) is 11.6 Å². The van der Waals surface area contributed by atoms with E-state index in [1.54, 1.807) is 11.0 Å². The molecule has 2 atom stereocenters. The summed E-state index contributed by atoms with van der Waals surface area (Å²) in [4.78, 5) is 28.7. The highest BCUT2D eigenvalue weighted by Gasteiger charge is 2.42. The third-order valence-corrected chi connectivity index (χ3v) is 6.53. The number of carbonyl (C=O) groups is 2. The van der Waals surface area contributed by atoms with Gasteiger partial charge in [-0.2, -0.15) is 0 Å². The Morgan fingerprint density at radius 1 is 1.06 bits per heavy atom. The summed E-state index contributed by atoms with van der Waals surface area (Å²) in [5.74, 6) is -1.31. The molecule has 2 heterocycles. The Morgan fingerprint density at radius 2 is 1.77 bits per heavy atom. The topological polar surface area (TPSA) is 52.7 Å². The average molecular weight is 448 g/mol. The largest absolute Gasteiger partial charge is 0.338 e. The third kappa shape index (κ3) is 4.88. The van der Waals surface area contributed by atoms with Gasteiger partial charge in [-0.3, -0.25) is 9.59 Å². The van der Waals surface area contributed by atoms with Crippen LogP contribution in [0.1, 0.15) is 22.3 Å². The van der Waals surface area contributed by atoms with Gasteiger partial charge < -0.3 is 15.1 Å². The van der Waals surface area contributed by atoms with Crippen molar-refractivity contribution in [1.29, 1.82) is 0 Å². The highest BCUT2D eigenvalue weighted by molar-refractivity contribution is 6.31. The molecule has 2 aromatic carbocycles. The molecule has 0 bridgehead atoms. The van der Waals surface area contributed by atoms with Crippen LogP contribution >= 0.6 is 11.6 Å². The van der Waals surface area contributed by atoms with Crippen molar-refractivity contribution >= 4 is 29.1 Å². The molecule has 2 saturated heterocycles. The summed E-state index contributed by atoms with van der Waals surface area (Å²) in [6, 6.07) is 8.37. The van der Waals surface area contributed by atoms with Crippen LogP contribution in [0.2, 0.25) is 5.02 Å². The molecule has 0 radical (unpaired) electrons. The molecule has 1 N–H and O–H groups in total. The number of rotatable bonds is 5. The van der Waals surface area contributed by atoms with Gasteiger partial charge in [-0.15, -0.1) is 0 Å². The first-order chi connectivity index (χ1) is 14.8. The molecule has 2 amide bonds. The van der Waals surface area contributed by atoms with Crippen LogP contribution in [-0.4, -0.2) is 54.3 Å². The third-order valence-electron chi connectivity index (χ3n) is 6.12. The van der Waals surface area contributed by atoms with Gasteiger partial charge in [-0.25, -0.2) is 8.78 Å². The molecule has 31 heavy (non-hydrogen) atoms. The predicted octanol–water partition coefficient (Wildman–Crippen LogP) is 3.96. The average Bonchev–Trinajstić information content (AvgIpc) is 3.29. The van der Waals surface area contributed by atoms with E-state index in [1.165, 1.54) is 0 Å². The molecule has 0 saturated carbocycles. The Balaban J connectivity index is 1.26. The van der Waals surface area contributed by atoms with Crippen LogP contribution in [0.4, 0.5) is 14.5 Å². The van der Waals surface area contributed by atoms with Gasteiger partial charge in [0.2, 0.25) is 5.91 Å². The minimum atomic E-state index is -0.703. The molecule has 0 aliphatic carbocycles. The van der Waals surface area contributed by atoms with Crippen LogP contribution in [0.15, 0.2) is 36.4 Å². The van der Waals surface area contributed by atoms with E-state index >= 15 is 0 Å². The van der Waals surface area contributed by atoms with Crippen LogP contribution in [-0.2, 0) is 4.79 Å². The van der Waals surface area contributed by atoms with E-state index in [2.05, 4.69) is 10.2 Å². The number of halogens is 3. The quantitative estimate of drug-likeness (QED) is 0.754. The Bertz CT molecular complexity index is 1000. The van der Waals surface area contributed by atoms with Gasteiger partial charge in [-0.05, 0) is 54.7 Å². The second-order valence-corrected chi connectivity index (χ2v) is 8.78. The van der Waals surface area contributed by atoms with Gasteiger partial charge in [0.05, 0.1) is 5.56 Å². The second kappa shape index (κ2) is 8.93. The second-order valence-electron chi connectivity index (χ2n) is 8.38. The van der Waals surface area contributed by atoms with E-state index < -0.39 is 17.5 Å². The zero-order valence-corrected chi connectivity index (χ0v) is 18.0. The lowest BCUT2D eigenvalue weighted by atomic mass is 10.0. The van der Waals surface area contributed by atoms with Crippen LogP contribution in [0.5, 0.6) is 0 Å². The van der Waals surface area contributed by atoms with Crippen molar-refractivity contribution in [2.45, 2.75) is 13.3 Å². The number of benzene rings is 2. The van der Waals surface area contributed by atoms with E-state index in [9.17, 15) is 18.4 Å². The van der Waals surface area contributed by atoms with Gasteiger partial charge in [0, 0.05) is 49.9 Å². The van der Waals surface area contributed by atoms with Gasteiger partial charge in [-0.1, -0.05) is 17.7 Å². The van der Waals surface area contributed by atoms with Gasteiger partial charge in [0.15, 0.2) is 0 Å². The first kappa shape index (κ1) is 21.7. The number of nitrogens with one attached hydrogen (secondary N) is 1. The molecular formula is C23H24ClF2N3O2. The molecule has 2 unspecified atom stereocenters. The summed E-state index contributed by atoms with van der Waals surface area (Å²) in [6.45, 7) is 5.13. The molecule has 2 aliphatic rings. The lowest BCUT2D eigenvalue weighted by Crippen LogP contribution is -2.34. The maximum Gasteiger partial charge on any atom is 0.256 e. The molecule has 2 aromatic rings. The molecule has 8 heteroatoms. The fraction of sp³-hybridized carbons (Fsp3) is 0.391. The summed E-state index contributed by atoms with van der Waals surface area (Å²) < 4.78 is 27.4. The van der Waals surface area contributed by atoms with Crippen LogP contribution in [0.25, 0.3) is 0 Å². The number of nitrogens with zero attached hydrogens (tertiary/aromatic N) is 2. The molecular weight excluding hydrogens is 424 g/mol. The van der Waals surface area contributed by atoms with Crippen molar-refractivity contribution in [1.82, 2.24) is 9.80 Å². The predicted molar refractivity (Wildman–Crippen MR) is 115 cm³/mol. The van der Waals surface area contributed by atoms with Crippen LogP contribution in [0, 0.1) is 30.4 Å². The standard InChI is InChI=1S/C23H24ClF2N3O2/c1-14-2-4-18(9-20(14)24)27-22(30)6-7-28-10-15-12-29(13-16(15)11-28)23(31)19-8-17(25)3-5-21(19)26/h2-5,8-9,15-16H,6-7,10-13H2,1H3,(H,27,30). The zero-order chi connectivity index (χ0) is 22.1.